The number of rotatable bonds is 1. The molecule has 0 fully saturated rings. The van der Waals surface area contributed by atoms with Gasteiger partial charge in [0.25, 0.3) is 0 Å². The summed E-state index contributed by atoms with van der Waals surface area (Å²) >= 11 is 0. The Bertz CT molecular complexity index is 578. The average molecular weight is 210 g/mol. The first-order valence-corrected chi connectivity index (χ1v) is 4.96. The minimum Gasteiger partial charge on any atom is -0.464 e. The van der Waals surface area contributed by atoms with Gasteiger partial charge in [-0.25, -0.2) is 0 Å². The number of hydrogen-bond acceptors (Lipinski definition) is 1. The second-order valence-corrected chi connectivity index (χ2v) is 3.54. The molecule has 0 amide bonds. The van der Waals surface area contributed by atoms with Gasteiger partial charge in [-0.2, -0.15) is 0 Å². The molecule has 0 radical (unpaired) electrons. The van der Waals surface area contributed by atoms with Gasteiger partial charge >= 0.3 is 0 Å². The average Bonchev–Trinajstić information content (AvgIpc) is 2.77. The van der Waals surface area contributed by atoms with E-state index in [2.05, 4.69) is 30.3 Å². The Morgan fingerprint density at radius 2 is 1.56 bits per heavy atom. The van der Waals surface area contributed by atoms with Crippen molar-refractivity contribution in [3.63, 3.8) is 0 Å². The highest BCUT2D eigenvalue weighted by Crippen LogP contribution is 2.24. The third-order valence-electron chi connectivity index (χ3n) is 2.56. The van der Waals surface area contributed by atoms with Crippen molar-refractivity contribution in [1.29, 1.82) is 0 Å². The molecule has 0 atom stereocenters. The smallest absolute Gasteiger partial charge is 0.134 e. The predicted octanol–water partition coefficient (Wildman–Crippen LogP) is 4.74. The Balaban J connectivity index is 0.000000963. The molecule has 0 aliphatic carbocycles. The van der Waals surface area contributed by atoms with Crippen molar-refractivity contribution in [2.45, 2.75) is 7.43 Å². The van der Waals surface area contributed by atoms with E-state index in [1.165, 1.54) is 11.1 Å². The zero-order valence-corrected chi connectivity index (χ0v) is 8.18. The zero-order chi connectivity index (χ0) is 10.1. The van der Waals surface area contributed by atoms with Crippen molar-refractivity contribution in [2.75, 3.05) is 0 Å². The maximum absolute atomic E-state index is 5.38. The molecule has 1 heteroatoms. The fraction of sp³-hybridized carbons (Fsp3) is 0.0667. The van der Waals surface area contributed by atoms with E-state index < -0.39 is 0 Å². The molecule has 1 nitrogen and oxygen atoms in total. The molecule has 0 bridgehead atoms. The van der Waals surface area contributed by atoms with Crippen LogP contribution >= 0.6 is 0 Å². The zero-order valence-electron chi connectivity index (χ0n) is 8.18. The Morgan fingerprint density at radius 3 is 2.38 bits per heavy atom. The Kier molecular flexibility index (Phi) is 2.78. The van der Waals surface area contributed by atoms with Crippen molar-refractivity contribution >= 4 is 11.0 Å². The molecule has 0 saturated heterocycles. The number of fused-ring (bicyclic) bond motifs is 1. The van der Waals surface area contributed by atoms with Gasteiger partial charge in [-0.1, -0.05) is 49.9 Å². The van der Waals surface area contributed by atoms with Gasteiger partial charge in [0.1, 0.15) is 5.58 Å². The first-order valence-electron chi connectivity index (χ1n) is 4.96. The van der Waals surface area contributed by atoms with E-state index in [0.717, 1.165) is 11.0 Å². The third-order valence-corrected chi connectivity index (χ3v) is 2.56. The summed E-state index contributed by atoms with van der Waals surface area (Å²) in [6.45, 7) is 0. The topological polar surface area (TPSA) is 13.1 Å². The van der Waals surface area contributed by atoms with E-state index in [1.807, 2.05) is 24.3 Å². The quantitative estimate of drug-likeness (QED) is 0.565. The highest BCUT2D eigenvalue weighted by molar-refractivity contribution is 5.82. The first-order chi connectivity index (χ1) is 7.43. The molecule has 0 N–H and O–H groups in total. The van der Waals surface area contributed by atoms with E-state index in [1.54, 1.807) is 6.26 Å². The maximum Gasteiger partial charge on any atom is 0.134 e. The van der Waals surface area contributed by atoms with Crippen molar-refractivity contribution < 1.29 is 4.42 Å². The lowest BCUT2D eigenvalue weighted by Gasteiger charge is -2.00. The predicted molar refractivity (Wildman–Crippen MR) is 68.4 cm³/mol. The number of furan rings is 1. The molecule has 80 valence electrons. The SMILES string of the molecule is C.c1ccc(-c2ccc3ccoc3c2)cc1. The lowest BCUT2D eigenvalue weighted by atomic mass is 10.1. The molecule has 3 aromatic rings. The first kappa shape index (κ1) is 10.5. The third kappa shape index (κ3) is 1.72. The summed E-state index contributed by atoms with van der Waals surface area (Å²) in [5.41, 5.74) is 3.35. The molecule has 3 rings (SSSR count). The van der Waals surface area contributed by atoms with Crippen LogP contribution in [0.25, 0.3) is 22.1 Å². The second-order valence-electron chi connectivity index (χ2n) is 3.54. The molecule has 1 aromatic heterocycles. The van der Waals surface area contributed by atoms with Gasteiger partial charge in [0, 0.05) is 5.39 Å². The fourth-order valence-electron chi connectivity index (χ4n) is 1.76. The summed E-state index contributed by atoms with van der Waals surface area (Å²) in [7, 11) is 0. The largest absolute Gasteiger partial charge is 0.464 e. The van der Waals surface area contributed by atoms with Gasteiger partial charge in [-0.3, -0.25) is 0 Å². The molecule has 0 aliphatic heterocycles. The highest BCUT2D eigenvalue weighted by atomic mass is 16.3. The molecule has 0 spiro atoms. The van der Waals surface area contributed by atoms with Crippen LogP contribution in [0.5, 0.6) is 0 Å². The van der Waals surface area contributed by atoms with Crippen molar-refractivity contribution in [1.82, 2.24) is 0 Å². The molecule has 2 aromatic carbocycles. The van der Waals surface area contributed by atoms with Gasteiger partial charge in [0.2, 0.25) is 0 Å². The molecule has 16 heavy (non-hydrogen) atoms. The van der Waals surface area contributed by atoms with E-state index in [4.69, 9.17) is 4.42 Å². The summed E-state index contributed by atoms with van der Waals surface area (Å²) < 4.78 is 5.38. The number of hydrogen-bond donors (Lipinski definition) is 0. The van der Waals surface area contributed by atoms with E-state index in [-0.39, 0.29) is 7.43 Å². The normalized spacial score (nSPS) is 10.0. The summed E-state index contributed by atoms with van der Waals surface area (Å²) in [4.78, 5) is 0. The summed E-state index contributed by atoms with van der Waals surface area (Å²) in [6.07, 6.45) is 1.72. The van der Waals surface area contributed by atoms with Gasteiger partial charge < -0.3 is 4.42 Å². The van der Waals surface area contributed by atoms with Gasteiger partial charge in [-0.15, -0.1) is 0 Å². The van der Waals surface area contributed by atoms with Crippen LogP contribution in [0, 0.1) is 0 Å². The van der Waals surface area contributed by atoms with Crippen LogP contribution in [0.2, 0.25) is 0 Å². The van der Waals surface area contributed by atoms with Crippen LogP contribution in [0.3, 0.4) is 0 Å². The van der Waals surface area contributed by atoms with E-state index in [0.29, 0.717) is 0 Å². The minimum absolute atomic E-state index is 0. The standard InChI is InChI=1S/C14H10O.CH4/c1-2-4-11(5-3-1)13-7-6-12-8-9-15-14(12)10-13;/h1-10H;1H4. The Morgan fingerprint density at radius 1 is 0.750 bits per heavy atom. The maximum atomic E-state index is 5.38. The Labute approximate surface area is 95.3 Å². The molecule has 1 heterocycles. The van der Waals surface area contributed by atoms with Crippen LogP contribution in [-0.4, -0.2) is 0 Å². The molecule has 0 saturated carbocycles. The van der Waals surface area contributed by atoms with Gasteiger partial charge in [0.15, 0.2) is 0 Å². The van der Waals surface area contributed by atoms with Gasteiger partial charge in [-0.05, 0) is 23.3 Å². The fourth-order valence-corrected chi connectivity index (χ4v) is 1.76. The van der Waals surface area contributed by atoms with Crippen LogP contribution in [0.4, 0.5) is 0 Å². The van der Waals surface area contributed by atoms with E-state index >= 15 is 0 Å². The number of benzene rings is 2. The van der Waals surface area contributed by atoms with E-state index in [9.17, 15) is 0 Å². The van der Waals surface area contributed by atoms with Crippen LogP contribution in [0.1, 0.15) is 7.43 Å². The summed E-state index contributed by atoms with van der Waals surface area (Å²) in [5.74, 6) is 0. The lowest BCUT2D eigenvalue weighted by molar-refractivity contribution is 0.616. The second kappa shape index (κ2) is 4.23. The molecule has 0 aliphatic rings. The van der Waals surface area contributed by atoms with Crippen LogP contribution in [-0.2, 0) is 0 Å². The van der Waals surface area contributed by atoms with Crippen molar-refractivity contribution in [3.05, 3.63) is 60.9 Å². The summed E-state index contributed by atoms with van der Waals surface area (Å²) in [5, 5.41) is 1.15. The monoisotopic (exact) mass is 210 g/mol. The molecular weight excluding hydrogens is 196 g/mol. The van der Waals surface area contributed by atoms with Gasteiger partial charge in [0.05, 0.1) is 6.26 Å². The molecule has 0 unspecified atom stereocenters. The Hall–Kier alpha value is -2.02. The van der Waals surface area contributed by atoms with Crippen molar-refractivity contribution in [3.8, 4) is 11.1 Å². The highest BCUT2D eigenvalue weighted by Gasteiger charge is 2.00. The van der Waals surface area contributed by atoms with Crippen molar-refractivity contribution in [2.24, 2.45) is 0 Å². The minimum atomic E-state index is 0. The van der Waals surface area contributed by atoms with Crippen LogP contribution < -0.4 is 0 Å². The molecular formula is C15H14O. The summed E-state index contributed by atoms with van der Waals surface area (Å²) in [6, 6.07) is 18.6. The van der Waals surface area contributed by atoms with Crippen LogP contribution in [0.15, 0.2) is 65.3 Å². The lowest BCUT2D eigenvalue weighted by Crippen LogP contribution is -1.75.